The fourth-order valence-corrected chi connectivity index (χ4v) is 3.97. The van der Waals surface area contributed by atoms with Gasteiger partial charge < -0.3 is 14.5 Å². The number of pyridine rings is 1. The molecule has 0 saturated carbocycles. The number of methoxy groups -OCH3 is 1. The molecule has 1 amide bonds. The normalized spacial score (nSPS) is 24.6. The molecule has 2 saturated heterocycles. The molecule has 2 fully saturated rings. The van der Waals surface area contributed by atoms with Crippen LogP contribution in [-0.2, 0) is 9.53 Å². The van der Waals surface area contributed by atoms with Crippen molar-refractivity contribution in [3.63, 3.8) is 0 Å². The highest BCUT2D eigenvalue weighted by Crippen LogP contribution is 2.33. The first-order valence-electron chi connectivity index (χ1n) is 9.17. The summed E-state index contributed by atoms with van der Waals surface area (Å²) in [5.74, 6) is 1.13. The second-order valence-corrected chi connectivity index (χ2v) is 7.21. The SMILES string of the molecule is COCCN1CCC2(CCC1=O)CN(c1ccc(C#N)cn1)CCN2C. The highest BCUT2D eigenvalue weighted by Gasteiger charge is 2.42. The first-order chi connectivity index (χ1) is 12.6. The average Bonchev–Trinajstić information content (AvgIpc) is 2.83. The number of ether oxygens (including phenoxy) is 1. The summed E-state index contributed by atoms with van der Waals surface area (Å²) in [7, 11) is 3.83. The summed E-state index contributed by atoms with van der Waals surface area (Å²) in [5.41, 5.74) is 0.553. The van der Waals surface area contributed by atoms with E-state index in [0.717, 1.165) is 44.8 Å². The third-order valence-electron chi connectivity index (χ3n) is 5.77. The Morgan fingerprint density at radius 3 is 2.85 bits per heavy atom. The number of amides is 1. The molecule has 0 radical (unpaired) electrons. The quantitative estimate of drug-likeness (QED) is 0.804. The molecule has 0 bridgehead atoms. The molecule has 1 spiro atoms. The van der Waals surface area contributed by atoms with Crippen molar-refractivity contribution in [3.8, 4) is 6.07 Å². The molecule has 0 aromatic carbocycles. The van der Waals surface area contributed by atoms with Gasteiger partial charge in [0.05, 0.1) is 12.2 Å². The Kier molecular flexibility index (Phi) is 5.74. The first kappa shape index (κ1) is 18.6. The van der Waals surface area contributed by atoms with Gasteiger partial charge in [-0.25, -0.2) is 4.98 Å². The summed E-state index contributed by atoms with van der Waals surface area (Å²) in [6, 6.07) is 5.85. The lowest BCUT2D eigenvalue weighted by atomic mass is 9.86. The average molecular weight is 357 g/mol. The van der Waals surface area contributed by atoms with Crippen LogP contribution in [0, 0.1) is 11.3 Å². The topological polar surface area (TPSA) is 72.7 Å². The molecular weight excluding hydrogens is 330 g/mol. The van der Waals surface area contributed by atoms with Crippen molar-refractivity contribution in [2.45, 2.75) is 24.8 Å². The zero-order chi connectivity index (χ0) is 18.6. The van der Waals surface area contributed by atoms with Crippen molar-refractivity contribution in [3.05, 3.63) is 23.9 Å². The molecule has 3 rings (SSSR count). The molecule has 26 heavy (non-hydrogen) atoms. The van der Waals surface area contributed by atoms with Gasteiger partial charge in [-0.15, -0.1) is 0 Å². The van der Waals surface area contributed by atoms with E-state index in [1.54, 1.807) is 13.3 Å². The molecular formula is C19H27N5O2. The minimum atomic E-state index is -0.0225. The molecule has 140 valence electrons. The van der Waals surface area contributed by atoms with Gasteiger partial charge in [0.2, 0.25) is 5.91 Å². The fourth-order valence-electron chi connectivity index (χ4n) is 3.97. The van der Waals surface area contributed by atoms with Crippen LogP contribution in [0.4, 0.5) is 5.82 Å². The van der Waals surface area contributed by atoms with Gasteiger partial charge in [-0.2, -0.15) is 5.26 Å². The predicted molar refractivity (Wildman–Crippen MR) is 98.8 cm³/mol. The minimum absolute atomic E-state index is 0.0225. The summed E-state index contributed by atoms with van der Waals surface area (Å²) in [6.45, 7) is 4.70. The number of nitriles is 1. The number of piperazine rings is 1. The van der Waals surface area contributed by atoms with E-state index in [1.165, 1.54) is 0 Å². The smallest absolute Gasteiger partial charge is 0.222 e. The van der Waals surface area contributed by atoms with Crippen LogP contribution in [0.2, 0.25) is 0 Å². The van der Waals surface area contributed by atoms with Gasteiger partial charge in [-0.3, -0.25) is 9.69 Å². The number of nitrogens with zero attached hydrogens (tertiary/aromatic N) is 5. The third kappa shape index (κ3) is 3.81. The predicted octanol–water partition coefficient (Wildman–Crippen LogP) is 1.10. The number of carbonyl (C=O) groups is 1. The van der Waals surface area contributed by atoms with Crippen LogP contribution < -0.4 is 4.90 Å². The van der Waals surface area contributed by atoms with Gasteiger partial charge in [0, 0.05) is 58.0 Å². The molecule has 2 aliphatic heterocycles. The van der Waals surface area contributed by atoms with Crippen LogP contribution in [0.25, 0.3) is 0 Å². The van der Waals surface area contributed by atoms with E-state index in [4.69, 9.17) is 10.00 Å². The molecule has 3 heterocycles. The van der Waals surface area contributed by atoms with Crippen LogP contribution in [0.3, 0.4) is 0 Å². The maximum atomic E-state index is 12.5. The van der Waals surface area contributed by atoms with Gasteiger partial charge in [0.1, 0.15) is 11.9 Å². The van der Waals surface area contributed by atoms with Crippen molar-refractivity contribution >= 4 is 11.7 Å². The number of hydrogen-bond donors (Lipinski definition) is 0. The highest BCUT2D eigenvalue weighted by molar-refractivity contribution is 5.76. The van der Waals surface area contributed by atoms with Crippen LogP contribution in [0.15, 0.2) is 18.3 Å². The highest BCUT2D eigenvalue weighted by atomic mass is 16.5. The van der Waals surface area contributed by atoms with Gasteiger partial charge in [0.25, 0.3) is 0 Å². The lowest BCUT2D eigenvalue weighted by Crippen LogP contribution is -2.61. The minimum Gasteiger partial charge on any atom is -0.383 e. The molecule has 1 unspecified atom stereocenters. The third-order valence-corrected chi connectivity index (χ3v) is 5.77. The van der Waals surface area contributed by atoms with Gasteiger partial charge in [-0.1, -0.05) is 0 Å². The number of anilines is 1. The maximum absolute atomic E-state index is 12.5. The molecule has 1 aromatic heterocycles. The second-order valence-electron chi connectivity index (χ2n) is 7.21. The van der Waals surface area contributed by atoms with E-state index in [1.807, 2.05) is 17.0 Å². The Labute approximate surface area is 155 Å². The van der Waals surface area contributed by atoms with E-state index >= 15 is 0 Å². The van der Waals surface area contributed by atoms with Crippen molar-refractivity contribution in [1.29, 1.82) is 5.26 Å². The lowest BCUT2D eigenvalue weighted by Gasteiger charge is -2.49. The number of aromatic nitrogens is 1. The van der Waals surface area contributed by atoms with E-state index in [-0.39, 0.29) is 11.4 Å². The molecule has 0 aliphatic carbocycles. The van der Waals surface area contributed by atoms with Crippen molar-refractivity contribution in [2.24, 2.45) is 0 Å². The van der Waals surface area contributed by atoms with Crippen molar-refractivity contribution in [1.82, 2.24) is 14.8 Å². The standard InChI is InChI=1S/C19H27N5O2/c1-22-9-10-24(17-4-3-16(13-20)14-21-17)15-19(22)6-5-18(25)23(8-7-19)11-12-26-2/h3-4,14H,5-12,15H2,1-2H3. The number of carbonyl (C=O) groups excluding carboxylic acids is 1. The summed E-state index contributed by atoms with van der Waals surface area (Å²) in [5, 5.41) is 8.96. The lowest BCUT2D eigenvalue weighted by molar-refractivity contribution is -0.131. The van der Waals surface area contributed by atoms with E-state index in [9.17, 15) is 4.79 Å². The van der Waals surface area contributed by atoms with Crippen molar-refractivity contribution in [2.75, 3.05) is 58.4 Å². The largest absolute Gasteiger partial charge is 0.383 e. The molecule has 0 N–H and O–H groups in total. The van der Waals surface area contributed by atoms with Gasteiger partial charge in [0.15, 0.2) is 0 Å². The number of rotatable bonds is 4. The Balaban J connectivity index is 1.74. The number of likely N-dealkylation sites (N-methyl/N-ethyl adjacent to an activating group) is 1. The zero-order valence-electron chi connectivity index (χ0n) is 15.6. The molecule has 7 heteroatoms. The van der Waals surface area contributed by atoms with Crippen LogP contribution in [0.5, 0.6) is 0 Å². The van der Waals surface area contributed by atoms with Crippen LogP contribution in [-0.4, -0.2) is 79.7 Å². The van der Waals surface area contributed by atoms with Crippen LogP contribution >= 0.6 is 0 Å². The van der Waals surface area contributed by atoms with E-state index < -0.39 is 0 Å². The Bertz CT molecular complexity index is 672. The monoisotopic (exact) mass is 357 g/mol. The second kappa shape index (κ2) is 8.02. The Morgan fingerprint density at radius 1 is 1.31 bits per heavy atom. The van der Waals surface area contributed by atoms with Gasteiger partial charge >= 0.3 is 0 Å². The summed E-state index contributed by atoms with van der Waals surface area (Å²) in [6.07, 6.45) is 4.01. The molecule has 7 nitrogen and oxygen atoms in total. The summed E-state index contributed by atoms with van der Waals surface area (Å²) >= 11 is 0. The first-order valence-corrected chi connectivity index (χ1v) is 9.17. The van der Waals surface area contributed by atoms with Gasteiger partial charge in [-0.05, 0) is 32.0 Å². The summed E-state index contributed by atoms with van der Waals surface area (Å²) < 4.78 is 5.14. The van der Waals surface area contributed by atoms with E-state index in [0.29, 0.717) is 25.1 Å². The number of likely N-dealkylation sites (tertiary alicyclic amines) is 1. The Hall–Kier alpha value is -2.17. The Morgan fingerprint density at radius 2 is 2.15 bits per heavy atom. The fraction of sp³-hybridized carbons (Fsp3) is 0.632. The number of hydrogen-bond acceptors (Lipinski definition) is 6. The molecule has 1 atom stereocenters. The van der Waals surface area contributed by atoms with E-state index in [2.05, 4.69) is 27.9 Å². The van der Waals surface area contributed by atoms with Crippen molar-refractivity contribution < 1.29 is 9.53 Å². The summed E-state index contributed by atoms with van der Waals surface area (Å²) in [4.78, 5) is 23.6. The van der Waals surface area contributed by atoms with Crippen LogP contribution in [0.1, 0.15) is 24.8 Å². The molecule has 1 aromatic rings. The zero-order valence-corrected chi connectivity index (χ0v) is 15.6. The molecule has 2 aliphatic rings. The maximum Gasteiger partial charge on any atom is 0.222 e.